The van der Waals surface area contributed by atoms with E-state index in [1.54, 1.807) is 0 Å². The molecule has 0 unspecified atom stereocenters. The SMILES string of the molecule is C=CCn1c[n+](C)c(C)c1C. The Labute approximate surface area is 67.8 Å². The molecule has 0 N–H and O–H groups in total. The second kappa shape index (κ2) is 2.91. The van der Waals surface area contributed by atoms with E-state index in [0.717, 1.165) is 6.54 Å². The predicted molar refractivity (Wildman–Crippen MR) is 45.3 cm³/mol. The monoisotopic (exact) mass is 151 g/mol. The quantitative estimate of drug-likeness (QED) is 0.442. The molecule has 1 rings (SSSR count). The van der Waals surface area contributed by atoms with Gasteiger partial charge in [0.25, 0.3) is 0 Å². The largest absolute Gasteiger partial charge is 0.244 e. The highest BCUT2D eigenvalue weighted by atomic mass is 15.1. The summed E-state index contributed by atoms with van der Waals surface area (Å²) in [5, 5.41) is 0. The fraction of sp³-hybridized carbons (Fsp3) is 0.444. The first-order valence-corrected chi connectivity index (χ1v) is 3.79. The molecule has 2 heteroatoms. The third-order valence-electron chi connectivity index (χ3n) is 2.12. The topological polar surface area (TPSA) is 8.81 Å². The molecule has 0 saturated carbocycles. The number of hydrogen-bond acceptors (Lipinski definition) is 0. The van der Waals surface area contributed by atoms with Crippen LogP contribution in [0.5, 0.6) is 0 Å². The first-order valence-electron chi connectivity index (χ1n) is 3.79. The van der Waals surface area contributed by atoms with E-state index < -0.39 is 0 Å². The Bertz CT molecular complexity index is 271. The minimum Gasteiger partial charge on any atom is -0.237 e. The van der Waals surface area contributed by atoms with Gasteiger partial charge in [0.2, 0.25) is 6.33 Å². The summed E-state index contributed by atoms with van der Waals surface area (Å²) < 4.78 is 4.31. The third kappa shape index (κ3) is 1.34. The fourth-order valence-electron chi connectivity index (χ4n) is 1.17. The molecule has 0 radical (unpaired) electrons. The maximum absolute atomic E-state index is 3.71. The lowest BCUT2D eigenvalue weighted by Gasteiger charge is -1.90. The van der Waals surface area contributed by atoms with Crippen molar-refractivity contribution in [3.05, 3.63) is 30.4 Å². The Kier molecular flexibility index (Phi) is 2.13. The average Bonchev–Trinajstić information content (AvgIpc) is 2.19. The Balaban J connectivity index is 3.07. The van der Waals surface area contributed by atoms with Gasteiger partial charge in [-0.2, -0.15) is 0 Å². The van der Waals surface area contributed by atoms with Crippen molar-refractivity contribution >= 4 is 0 Å². The van der Waals surface area contributed by atoms with E-state index in [4.69, 9.17) is 0 Å². The van der Waals surface area contributed by atoms with Crippen molar-refractivity contribution in [2.24, 2.45) is 7.05 Å². The van der Waals surface area contributed by atoms with Crippen LogP contribution < -0.4 is 4.57 Å². The summed E-state index contributed by atoms with van der Waals surface area (Å²) >= 11 is 0. The van der Waals surface area contributed by atoms with Crippen LogP contribution in [0.25, 0.3) is 0 Å². The van der Waals surface area contributed by atoms with Crippen molar-refractivity contribution in [1.29, 1.82) is 0 Å². The van der Waals surface area contributed by atoms with Crippen molar-refractivity contribution in [3.8, 4) is 0 Å². The van der Waals surface area contributed by atoms with Crippen molar-refractivity contribution in [2.45, 2.75) is 20.4 Å². The van der Waals surface area contributed by atoms with Crippen LogP contribution in [0.4, 0.5) is 0 Å². The lowest BCUT2D eigenvalue weighted by molar-refractivity contribution is -0.677. The summed E-state index contributed by atoms with van der Waals surface area (Å²) in [5.74, 6) is 0. The third-order valence-corrected chi connectivity index (χ3v) is 2.12. The van der Waals surface area contributed by atoms with E-state index in [1.807, 2.05) is 6.08 Å². The normalized spacial score (nSPS) is 10.1. The lowest BCUT2D eigenvalue weighted by Crippen LogP contribution is -2.28. The first-order chi connectivity index (χ1) is 5.16. The molecule has 0 spiro atoms. The minimum atomic E-state index is 0.896. The van der Waals surface area contributed by atoms with E-state index in [-0.39, 0.29) is 0 Å². The number of aryl methyl sites for hydroxylation is 1. The molecule has 0 aromatic carbocycles. The van der Waals surface area contributed by atoms with Gasteiger partial charge in [-0.1, -0.05) is 12.7 Å². The first kappa shape index (κ1) is 8.05. The fourth-order valence-corrected chi connectivity index (χ4v) is 1.17. The highest BCUT2D eigenvalue weighted by molar-refractivity contribution is 5.03. The van der Waals surface area contributed by atoms with Gasteiger partial charge in [-0.05, 0) is 0 Å². The van der Waals surface area contributed by atoms with Gasteiger partial charge in [0, 0.05) is 13.8 Å². The molecule has 0 bridgehead atoms. The maximum atomic E-state index is 3.71. The molecule has 0 saturated heterocycles. The number of rotatable bonds is 2. The van der Waals surface area contributed by atoms with Crippen LogP contribution in [0.15, 0.2) is 19.0 Å². The number of allylic oxidation sites excluding steroid dienone is 1. The molecule has 0 aliphatic heterocycles. The Morgan fingerprint density at radius 2 is 2.27 bits per heavy atom. The zero-order valence-corrected chi connectivity index (χ0v) is 7.46. The standard InChI is InChI=1S/C9H15N2/c1-5-6-11-7-10(4)8(2)9(11)3/h5,7H,1,6H2,2-4H3/q+1. The Hall–Kier alpha value is -1.05. The summed E-state index contributed by atoms with van der Waals surface area (Å²) in [4.78, 5) is 0. The smallest absolute Gasteiger partial charge is 0.237 e. The van der Waals surface area contributed by atoms with E-state index in [0.29, 0.717) is 0 Å². The molecule has 0 amide bonds. The van der Waals surface area contributed by atoms with Crippen LogP contribution in [-0.4, -0.2) is 4.57 Å². The van der Waals surface area contributed by atoms with E-state index in [1.165, 1.54) is 11.4 Å². The predicted octanol–water partition coefficient (Wildman–Crippen LogP) is 1.12. The molecule has 1 aromatic rings. The van der Waals surface area contributed by atoms with Crippen LogP contribution in [0, 0.1) is 13.8 Å². The van der Waals surface area contributed by atoms with Crippen LogP contribution in [0.3, 0.4) is 0 Å². The van der Waals surface area contributed by atoms with Gasteiger partial charge in [-0.15, -0.1) is 0 Å². The van der Waals surface area contributed by atoms with Gasteiger partial charge in [0.05, 0.1) is 7.05 Å². The van der Waals surface area contributed by atoms with Crippen molar-refractivity contribution in [3.63, 3.8) is 0 Å². The van der Waals surface area contributed by atoms with Gasteiger partial charge >= 0.3 is 0 Å². The molecule has 0 fully saturated rings. The Morgan fingerprint density at radius 1 is 1.64 bits per heavy atom. The van der Waals surface area contributed by atoms with E-state index in [9.17, 15) is 0 Å². The van der Waals surface area contributed by atoms with Crippen LogP contribution in [-0.2, 0) is 13.6 Å². The maximum Gasteiger partial charge on any atom is 0.244 e. The average molecular weight is 151 g/mol. The molecular formula is C9H15N2+. The highest BCUT2D eigenvalue weighted by Crippen LogP contribution is 2.01. The summed E-state index contributed by atoms with van der Waals surface area (Å²) in [6.45, 7) is 8.85. The number of imidazole rings is 1. The number of aromatic nitrogens is 2. The zero-order chi connectivity index (χ0) is 8.43. The molecule has 2 nitrogen and oxygen atoms in total. The molecule has 11 heavy (non-hydrogen) atoms. The van der Waals surface area contributed by atoms with Crippen molar-refractivity contribution < 1.29 is 4.57 Å². The van der Waals surface area contributed by atoms with Crippen molar-refractivity contribution in [2.75, 3.05) is 0 Å². The summed E-state index contributed by atoms with van der Waals surface area (Å²) in [6, 6.07) is 0. The van der Waals surface area contributed by atoms with Crippen LogP contribution >= 0.6 is 0 Å². The molecule has 0 aliphatic carbocycles. The minimum absolute atomic E-state index is 0.896. The molecule has 1 heterocycles. The van der Waals surface area contributed by atoms with E-state index >= 15 is 0 Å². The summed E-state index contributed by atoms with van der Waals surface area (Å²) in [7, 11) is 2.06. The second-order valence-corrected chi connectivity index (χ2v) is 2.84. The van der Waals surface area contributed by atoms with Crippen LogP contribution in [0.2, 0.25) is 0 Å². The van der Waals surface area contributed by atoms with Gasteiger partial charge in [-0.25, -0.2) is 9.13 Å². The Morgan fingerprint density at radius 3 is 2.64 bits per heavy atom. The zero-order valence-electron chi connectivity index (χ0n) is 7.46. The van der Waals surface area contributed by atoms with Crippen LogP contribution in [0.1, 0.15) is 11.4 Å². The van der Waals surface area contributed by atoms with Gasteiger partial charge in [0.1, 0.15) is 17.9 Å². The molecule has 60 valence electrons. The molecular weight excluding hydrogens is 136 g/mol. The highest BCUT2D eigenvalue weighted by Gasteiger charge is 2.10. The second-order valence-electron chi connectivity index (χ2n) is 2.84. The summed E-state index contributed by atoms with van der Waals surface area (Å²) in [5.41, 5.74) is 2.62. The summed E-state index contributed by atoms with van der Waals surface area (Å²) in [6.07, 6.45) is 4.00. The van der Waals surface area contributed by atoms with Gasteiger partial charge in [0.15, 0.2) is 0 Å². The number of hydrogen-bond donors (Lipinski definition) is 0. The van der Waals surface area contributed by atoms with Gasteiger partial charge < -0.3 is 0 Å². The molecule has 1 aromatic heterocycles. The van der Waals surface area contributed by atoms with Gasteiger partial charge in [-0.3, -0.25) is 0 Å². The van der Waals surface area contributed by atoms with E-state index in [2.05, 4.69) is 42.9 Å². The van der Waals surface area contributed by atoms with Crippen molar-refractivity contribution in [1.82, 2.24) is 4.57 Å². The molecule has 0 aliphatic rings. The molecule has 0 atom stereocenters. The lowest BCUT2D eigenvalue weighted by atomic mass is 10.4. The number of nitrogens with zero attached hydrogens (tertiary/aromatic N) is 2.